The second-order valence-corrected chi connectivity index (χ2v) is 5.47. The lowest BCUT2D eigenvalue weighted by molar-refractivity contribution is -0.118. The molecule has 0 radical (unpaired) electrons. The maximum Gasteiger partial charge on any atom is 0.262 e. The summed E-state index contributed by atoms with van der Waals surface area (Å²) < 4.78 is 19.2. The van der Waals surface area contributed by atoms with Gasteiger partial charge in [0.15, 0.2) is 6.61 Å². The predicted molar refractivity (Wildman–Crippen MR) is 84.1 cm³/mol. The highest BCUT2D eigenvalue weighted by Crippen LogP contribution is 2.28. The first-order chi connectivity index (χ1) is 9.95. The molecule has 4 nitrogen and oxygen atoms in total. The van der Waals surface area contributed by atoms with Crippen LogP contribution < -0.4 is 15.8 Å². The molecule has 0 atom stereocenters. The number of amides is 1. The number of carbonyl (C=O) groups is 1. The molecule has 2 aromatic rings. The lowest BCUT2D eigenvalue weighted by atomic mass is 10.2. The largest absolute Gasteiger partial charge is 0.482 e. The van der Waals surface area contributed by atoms with Gasteiger partial charge in [-0.1, -0.05) is 27.5 Å². The normalized spacial score (nSPS) is 10.2. The van der Waals surface area contributed by atoms with Crippen LogP contribution in [0.2, 0.25) is 5.02 Å². The topological polar surface area (TPSA) is 64.3 Å². The van der Waals surface area contributed by atoms with Crippen molar-refractivity contribution < 1.29 is 13.9 Å². The van der Waals surface area contributed by atoms with Gasteiger partial charge in [0, 0.05) is 4.47 Å². The van der Waals surface area contributed by atoms with E-state index in [9.17, 15) is 9.18 Å². The molecule has 1 amide bonds. The van der Waals surface area contributed by atoms with Crippen LogP contribution in [0.25, 0.3) is 0 Å². The Kier molecular flexibility index (Phi) is 5.03. The average molecular weight is 374 g/mol. The zero-order valence-electron chi connectivity index (χ0n) is 10.7. The van der Waals surface area contributed by atoms with Crippen molar-refractivity contribution in [2.24, 2.45) is 0 Å². The first-order valence-electron chi connectivity index (χ1n) is 5.88. The van der Waals surface area contributed by atoms with Crippen LogP contribution in [0.15, 0.2) is 40.9 Å². The fraction of sp³-hybridized carbons (Fsp3) is 0.0714. The van der Waals surface area contributed by atoms with Crippen molar-refractivity contribution in [3.05, 3.63) is 51.7 Å². The zero-order chi connectivity index (χ0) is 15.4. The minimum atomic E-state index is -0.490. The lowest BCUT2D eigenvalue weighted by Crippen LogP contribution is -2.21. The maximum absolute atomic E-state index is 13.1. The highest BCUT2D eigenvalue weighted by atomic mass is 79.9. The Balaban J connectivity index is 1.99. The van der Waals surface area contributed by atoms with Gasteiger partial charge in [-0.15, -0.1) is 0 Å². The molecule has 110 valence electrons. The highest BCUT2D eigenvalue weighted by Gasteiger charge is 2.09. The van der Waals surface area contributed by atoms with Crippen molar-refractivity contribution in [1.29, 1.82) is 0 Å². The Labute approximate surface area is 134 Å². The van der Waals surface area contributed by atoms with Crippen LogP contribution in [0.5, 0.6) is 5.75 Å². The van der Waals surface area contributed by atoms with Crippen LogP contribution >= 0.6 is 27.5 Å². The lowest BCUT2D eigenvalue weighted by Gasteiger charge is -2.10. The monoisotopic (exact) mass is 372 g/mol. The van der Waals surface area contributed by atoms with E-state index in [2.05, 4.69) is 21.2 Å². The summed E-state index contributed by atoms with van der Waals surface area (Å²) in [5.74, 6) is -0.591. The Bertz CT molecular complexity index is 682. The van der Waals surface area contributed by atoms with Crippen molar-refractivity contribution >= 4 is 44.8 Å². The fourth-order valence-electron chi connectivity index (χ4n) is 1.55. The zero-order valence-corrected chi connectivity index (χ0v) is 13.0. The number of nitrogens with two attached hydrogens (primary N) is 1. The maximum atomic E-state index is 13.1. The summed E-state index contributed by atoms with van der Waals surface area (Å²) in [6, 6.07) is 8.76. The number of carbonyl (C=O) groups excluding carboxylic acids is 1. The summed E-state index contributed by atoms with van der Waals surface area (Å²) in [6.07, 6.45) is 0. The van der Waals surface area contributed by atoms with Gasteiger partial charge < -0.3 is 15.8 Å². The minimum absolute atomic E-state index is 0.198. The summed E-state index contributed by atoms with van der Waals surface area (Å²) in [5, 5.41) is 2.86. The smallest absolute Gasteiger partial charge is 0.262 e. The van der Waals surface area contributed by atoms with Gasteiger partial charge in [-0.2, -0.15) is 0 Å². The molecule has 0 spiro atoms. The van der Waals surface area contributed by atoms with Gasteiger partial charge in [0.25, 0.3) is 5.91 Å². The fourth-order valence-corrected chi connectivity index (χ4v) is 2.07. The quantitative estimate of drug-likeness (QED) is 0.800. The van der Waals surface area contributed by atoms with Gasteiger partial charge in [-0.05, 0) is 36.4 Å². The molecular weight excluding hydrogens is 363 g/mol. The van der Waals surface area contributed by atoms with E-state index < -0.39 is 11.7 Å². The summed E-state index contributed by atoms with van der Waals surface area (Å²) in [6.45, 7) is -0.272. The van der Waals surface area contributed by atoms with Gasteiger partial charge in [0.1, 0.15) is 11.6 Å². The third-order valence-corrected chi connectivity index (χ3v) is 3.35. The summed E-state index contributed by atoms with van der Waals surface area (Å²) >= 11 is 9.22. The SMILES string of the molecule is Nc1ccc(F)cc1NC(=O)COc1cc(Br)ccc1Cl. The second kappa shape index (κ2) is 6.78. The number of rotatable bonds is 4. The first-order valence-corrected chi connectivity index (χ1v) is 7.05. The number of hydrogen-bond donors (Lipinski definition) is 2. The molecule has 0 saturated heterocycles. The van der Waals surface area contributed by atoms with Crippen LogP contribution in [-0.4, -0.2) is 12.5 Å². The van der Waals surface area contributed by atoms with E-state index >= 15 is 0 Å². The Morgan fingerprint density at radius 1 is 1.33 bits per heavy atom. The summed E-state index contributed by atoms with van der Waals surface area (Å²) in [5.41, 5.74) is 6.11. The Morgan fingerprint density at radius 3 is 2.86 bits per heavy atom. The second-order valence-electron chi connectivity index (χ2n) is 4.14. The number of anilines is 2. The predicted octanol–water partition coefficient (Wildman–Crippen LogP) is 3.84. The van der Waals surface area contributed by atoms with Crippen molar-refractivity contribution in [3.8, 4) is 5.75 Å². The average Bonchev–Trinajstić information content (AvgIpc) is 2.44. The van der Waals surface area contributed by atoms with Crippen LogP contribution in [0.4, 0.5) is 15.8 Å². The van der Waals surface area contributed by atoms with E-state index in [1.807, 2.05) is 0 Å². The van der Waals surface area contributed by atoms with Crippen LogP contribution in [0.3, 0.4) is 0 Å². The van der Waals surface area contributed by atoms with E-state index in [1.165, 1.54) is 12.1 Å². The molecule has 3 N–H and O–H groups in total. The number of benzene rings is 2. The van der Waals surface area contributed by atoms with Crippen molar-refractivity contribution in [2.45, 2.75) is 0 Å². The van der Waals surface area contributed by atoms with Crippen molar-refractivity contribution in [2.75, 3.05) is 17.7 Å². The minimum Gasteiger partial charge on any atom is -0.482 e. The number of halogens is 3. The Hall–Kier alpha value is -1.79. The number of ether oxygens (including phenoxy) is 1. The molecule has 0 unspecified atom stereocenters. The van der Waals surface area contributed by atoms with Gasteiger partial charge in [0.05, 0.1) is 16.4 Å². The molecule has 0 bridgehead atoms. The van der Waals surface area contributed by atoms with E-state index in [1.54, 1.807) is 18.2 Å². The molecule has 0 heterocycles. The van der Waals surface area contributed by atoms with E-state index in [0.717, 1.165) is 10.5 Å². The molecule has 2 aromatic carbocycles. The number of nitrogens with one attached hydrogen (secondary N) is 1. The van der Waals surface area contributed by atoms with Gasteiger partial charge in [-0.3, -0.25) is 4.79 Å². The van der Waals surface area contributed by atoms with Gasteiger partial charge in [0.2, 0.25) is 0 Å². The van der Waals surface area contributed by atoms with Crippen LogP contribution in [0, 0.1) is 5.82 Å². The number of nitrogen functional groups attached to an aromatic ring is 1. The van der Waals surface area contributed by atoms with Gasteiger partial charge >= 0.3 is 0 Å². The van der Waals surface area contributed by atoms with E-state index in [-0.39, 0.29) is 18.0 Å². The molecule has 0 aliphatic carbocycles. The van der Waals surface area contributed by atoms with Crippen LogP contribution in [-0.2, 0) is 4.79 Å². The molecule has 0 fully saturated rings. The molecule has 21 heavy (non-hydrogen) atoms. The third kappa shape index (κ3) is 4.34. The standard InChI is InChI=1S/C14H11BrClFN2O2/c15-8-1-3-10(16)13(5-8)21-7-14(20)19-12-6-9(17)2-4-11(12)18/h1-6H,7,18H2,(H,19,20). The summed E-state index contributed by atoms with van der Waals surface area (Å²) in [4.78, 5) is 11.8. The molecule has 2 rings (SSSR count). The molecule has 7 heteroatoms. The van der Waals surface area contributed by atoms with E-state index in [0.29, 0.717) is 10.8 Å². The molecule has 0 saturated carbocycles. The van der Waals surface area contributed by atoms with Crippen LogP contribution in [0.1, 0.15) is 0 Å². The number of hydrogen-bond acceptors (Lipinski definition) is 3. The molecule has 0 aromatic heterocycles. The van der Waals surface area contributed by atoms with Crippen molar-refractivity contribution in [1.82, 2.24) is 0 Å². The van der Waals surface area contributed by atoms with E-state index in [4.69, 9.17) is 22.1 Å². The first kappa shape index (κ1) is 15.6. The summed E-state index contributed by atoms with van der Waals surface area (Å²) in [7, 11) is 0. The molecular formula is C14H11BrClFN2O2. The molecule has 0 aliphatic rings. The third-order valence-electron chi connectivity index (χ3n) is 2.54. The molecule has 0 aliphatic heterocycles. The van der Waals surface area contributed by atoms with Gasteiger partial charge in [-0.25, -0.2) is 4.39 Å². The Morgan fingerprint density at radius 2 is 2.10 bits per heavy atom. The van der Waals surface area contributed by atoms with Crippen molar-refractivity contribution in [3.63, 3.8) is 0 Å². The highest BCUT2D eigenvalue weighted by molar-refractivity contribution is 9.10.